The molecule has 0 N–H and O–H groups in total. The van der Waals surface area contributed by atoms with Crippen LogP contribution in [0.15, 0.2) is 32.7 Å². The van der Waals surface area contributed by atoms with E-state index in [1.54, 1.807) is 7.11 Å². The minimum atomic E-state index is -1.20. The Balaban J connectivity index is 1.69. The Labute approximate surface area is 185 Å². The third-order valence-electron chi connectivity index (χ3n) is 7.51. The summed E-state index contributed by atoms with van der Waals surface area (Å²) in [6.07, 6.45) is 12.1. The van der Waals surface area contributed by atoms with Crippen molar-refractivity contribution in [2.45, 2.75) is 70.3 Å². The first kappa shape index (κ1) is 19.9. The summed E-state index contributed by atoms with van der Waals surface area (Å²) in [5.74, 6) is 0. The molecule has 2 heterocycles. The summed E-state index contributed by atoms with van der Waals surface area (Å²) in [5, 5.41) is 2.69. The second-order valence-electron chi connectivity index (χ2n) is 9.40. The molecule has 4 nitrogen and oxygen atoms in total. The van der Waals surface area contributed by atoms with Crippen LogP contribution in [-0.4, -0.2) is 26.3 Å². The number of rotatable bonds is 3. The van der Waals surface area contributed by atoms with Gasteiger partial charge in [-0.3, -0.25) is 0 Å². The van der Waals surface area contributed by atoms with E-state index < -0.39 is 8.16 Å². The van der Waals surface area contributed by atoms with Crippen LogP contribution in [0.4, 0.5) is 0 Å². The van der Waals surface area contributed by atoms with Crippen LogP contribution in [0.5, 0.6) is 0 Å². The highest BCUT2D eigenvalue weighted by atomic mass is 31.1. The highest BCUT2D eigenvalue weighted by molar-refractivity contribution is 7.39. The van der Waals surface area contributed by atoms with Gasteiger partial charge in [0.25, 0.3) is 0 Å². The zero-order chi connectivity index (χ0) is 20.8. The van der Waals surface area contributed by atoms with Gasteiger partial charge in [-0.25, -0.2) is 0 Å². The summed E-state index contributed by atoms with van der Waals surface area (Å²) in [5.41, 5.74) is 8.12. The van der Waals surface area contributed by atoms with Gasteiger partial charge in [0.2, 0.25) is 0 Å². The summed E-state index contributed by atoms with van der Waals surface area (Å²) in [4.78, 5) is 0. The molecule has 0 saturated carbocycles. The number of benzene rings is 2. The third-order valence-corrected chi connectivity index (χ3v) is 9.16. The Morgan fingerprint density at radius 3 is 2.00 bits per heavy atom. The molecule has 3 aliphatic rings. The number of methoxy groups -OCH3 is 1. The van der Waals surface area contributed by atoms with Crippen molar-refractivity contribution < 1.29 is 13.1 Å². The Hall–Kier alpha value is -1.74. The normalized spacial score (nSPS) is 21.4. The number of fused-ring (bicyclic) bond motifs is 7. The standard InChI is InChI=1S/C26H32NO3P/c1-28-17-20-9-6-16-27(20)31-29-23-14-12-18-7-2-4-10-21(18)25(23)26-22-11-5-3-8-19(22)13-15-24(26)30-31/h12-15,20H,2-11,16-17H2,1H3/t20-/m0/s1. The van der Waals surface area contributed by atoms with Crippen molar-refractivity contribution in [1.82, 2.24) is 0 Å². The zero-order valence-corrected chi connectivity index (χ0v) is 19.4. The molecule has 1 fully saturated rings. The van der Waals surface area contributed by atoms with Crippen LogP contribution in [0, 0.1) is 0 Å². The molecule has 0 unspecified atom stereocenters. The van der Waals surface area contributed by atoms with E-state index in [1.165, 1.54) is 78.0 Å². The largest absolute Gasteiger partial charge is 0.408 e. The molecule has 2 aromatic carbocycles. The highest BCUT2D eigenvalue weighted by Gasteiger charge is 2.30. The second-order valence-corrected chi connectivity index (χ2v) is 10.8. The van der Waals surface area contributed by atoms with E-state index in [0.717, 1.165) is 43.6 Å². The third kappa shape index (κ3) is 3.44. The van der Waals surface area contributed by atoms with Gasteiger partial charge in [-0.05, 0) is 98.6 Å². The number of ether oxygens (including phenoxy) is 1. The molecule has 31 heavy (non-hydrogen) atoms. The molecular formula is C26H32NO3P. The molecule has 6 rings (SSSR count). The van der Waals surface area contributed by atoms with Crippen molar-refractivity contribution in [3.8, 4) is 0 Å². The van der Waals surface area contributed by atoms with E-state index in [0.29, 0.717) is 6.04 Å². The summed E-state index contributed by atoms with van der Waals surface area (Å²) < 4.78 is 21.5. The molecule has 0 amide bonds. The first-order chi connectivity index (χ1) is 15.3. The smallest absolute Gasteiger partial charge is 0.310 e. The van der Waals surface area contributed by atoms with Crippen LogP contribution >= 0.6 is 8.16 Å². The number of aryl methyl sites for hydroxylation is 4. The van der Waals surface area contributed by atoms with Crippen molar-refractivity contribution in [2.75, 3.05) is 24.9 Å². The number of hydrogen-bond acceptors (Lipinski definition) is 4. The lowest BCUT2D eigenvalue weighted by atomic mass is 9.84. The maximum absolute atomic E-state index is 6.77. The molecule has 0 radical (unpaired) electrons. The fourth-order valence-corrected chi connectivity index (χ4v) is 7.64. The quantitative estimate of drug-likeness (QED) is 0.452. The summed E-state index contributed by atoms with van der Waals surface area (Å²) >= 11 is 0. The Bertz CT molecular complexity index is 1090. The summed E-state index contributed by atoms with van der Waals surface area (Å²) in [6.45, 7) is 1.75. The van der Waals surface area contributed by atoms with Crippen molar-refractivity contribution in [2.24, 2.45) is 0 Å². The molecule has 0 spiro atoms. The maximum atomic E-state index is 6.77. The van der Waals surface area contributed by atoms with Gasteiger partial charge in [-0.1, -0.05) is 12.1 Å². The predicted octanol–water partition coefficient (Wildman–Crippen LogP) is 6.79. The number of nitrogens with zero attached hydrogens (tertiary/aromatic N) is 1. The van der Waals surface area contributed by atoms with E-state index >= 15 is 0 Å². The lowest BCUT2D eigenvalue weighted by Crippen LogP contribution is -2.30. The van der Waals surface area contributed by atoms with Gasteiger partial charge in [0, 0.05) is 30.5 Å². The lowest BCUT2D eigenvalue weighted by molar-refractivity contribution is 0.182. The molecule has 1 saturated heterocycles. The first-order valence-electron chi connectivity index (χ1n) is 12.0. The monoisotopic (exact) mass is 437 g/mol. The van der Waals surface area contributed by atoms with Gasteiger partial charge >= 0.3 is 8.16 Å². The van der Waals surface area contributed by atoms with Crippen LogP contribution in [0.2, 0.25) is 0 Å². The minimum Gasteiger partial charge on any atom is -0.408 e. The van der Waals surface area contributed by atoms with Crippen LogP contribution in [-0.2, 0) is 30.4 Å². The van der Waals surface area contributed by atoms with Crippen LogP contribution in [0.1, 0.15) is 60.8 Å². The first-order valence-corrected chi connectivity index (χ1v) is 13.2. The molecular weight excluding hydrogens is 405 g/mol. The predicted molar refractivity (Wildman–Crippen MR) is 128 cm³/mol. The maximum Gasteiger partial charge on any atom is 0.310 e. The van der Waals surface area contributed by atoms with Gasteiger partial charge in [-0.2, -0.15) is 4.67 Å². The zero-order valence-electron chi connectivity index (χ0n) is 18.5. The molecule has 1 atom stereocenters. The fourth-order valence-electron chi connectivity index (χ4n) is 6.00. The van der Waals surface area contributed by atoms with Crippen molar-refractivity contribution in [3.63, 3.8) is 0 Å². The van der Waals surface area contributed by atoms with E-state index in [-0.39, 0.29) is 0 Å². The van der Waals surface area contributed by atoms with Crippen LogP contribution in [0.3, 0.4) is 0 Å². The van der Waals surface area contributed by atoms with Gasteiger partial charge < -0.3 is 13.1 Å². The van der Waals surface area contributed by atoms with E-state index in [4.69, 9.17) is 13.1 Å². The Morgan fingerprint density at radius 1 is 0.839 bits per heavy atom. The van der Waals surface area contributed by atoms with Crippen molar-refractivity contribution >= 4 is 30.1 Å². The molecule has 5 heteroatoms. The molecule has 1 aliphatic heterocycles. The van der Waals surface area contributed by atoms with Crippen LogP contribution in [0.25, 0.3) is 21.9 Å². The number of hydrogen-bond donors (Lipinski definition) is 0. The minimum absolute atomic E-state index is 0.372. The SMILES string of the molecule is COC[C@@H]1CCCN1p1oc2ccc3c(c2c2c4c(ccc2o1)CCCC4)CCCC3. The summed E-state index contributed by atoms with van der Waals surface area (Å²) in [7, 11) is 0.597. The molecule has 164 valence electrons. The van der Waals surface area contributed by atoms with Crippen LogP contribution < -0.4 is 4.67 Å². The lowest BCUT2D eigenvalue weighted by Gasteiger charge is -2.20. The second kappa shape index (κ2) is 8.31. The average molecular weight is 438 g/mol. The molecule has 3 aromatic rings. The van der Waals surface area contributed by atoms with Crippen molar-refractivity contribution in [3.05, 3.63) is 46.5 Å². The Morgan fingerprint density at radius 2 is 1.42 bits per heavy atom. The summed E-state index contributed by atoms with van der Waals surface area (Å²) in [6, 6.07) is 9.47. The fraction of sp³-hybridized carbons (Fsp3) is 0.538. The highest BCUT2D eigenvalue weighted by Crippen LogP contribution is 2.44. The average Bonchev–Trinajstić information content (AvgIpc) is 3.19. The Kier molecular flexibility index (Phi) is 5.34. The molecule has 1 aromatic heterocycles. The van der Waals surface area contributed by atoms with Crippen molar-refractivity contribution in [1.29, 1.82) is 0 Å². The van der Waals surface area contributed by atoms with E-state index in [1.807, 2.05) is 0 Å². The van der Waals surface area contributed by atoms with E-state index in [2.05, 4.69) is 28.9 Å². The topological polar surface area (TPSA) is 38.8 Å². The molecule has 2 aliphatic carbocycles. The van der Waals surface area contributed by atoms with Gasteiger partial charge in [-0.15, -0.1) is 0 Å². The van der Waals surface area contributed by atoms with Gasteiger partial charge in [0.15, 0.2) is 0 Å². The molecule has 0 bridgehead atoms. The van der Waals surface area contributed by atoms with Gasteiger partial charge in [0.05, 0.1) is 6.61 Å². The van der Waals surface area contributed by atoms with Gasteiger partial charge in [0.1, 0.15) is 11.2 Å². The van der Waals surface area contributed by atoms with E-state index in [9.17, 15) is 0 Å².